The summed E-state index contributed by atoms with van der Waals surface area (Å²) in [6.45, 7) is 1.83. The number of carboxylic acid groups (broad SMARTS) is 1. The van der Waals surface area contributed by atoms with Gasteiger partial charge in [0.25, 0.3) is 0 Å². The Morgan fingerprint density at radius 3 is 2.57 bits per heavy atom. The summed E-state index contributed by atoms with van der Waals surface area (Å²) in [6.07, 6.45) is 0.583. The van der Waals surface area contributed by atoms with Crippen molar-refractivity contribution in [1.29, 1.82) is 0 Å². The summed E-state index contributed by atoms with van der Waals surface area (Å²) >= 11 is 12.0. The van der Waals surface area contributed by atoms with Crippen molar-refractivity contribution in [1.82, 2.24) is 19.9 Å². The van der Waals surface area contributed by atoms with E-state index < -0.39 is 6.09 Å². The molecule has 1 fully saturated rings. The molecule has 0 saturated carbocycles. The fraction of sp³-hybridized carbons (Fsp3) is 0.333. The van der Waals surface area contributed by atoms with E-state index in [4.69, 9.17) is 28.3 Å². The van der Waals surface area contributed by atoms with Crippen LogP contribution >= 0.6 is 23.2 Å². The van der Waals surface area contributed by atoms with Crippen LogP contribution in [0.4, 0.5) is 10.6 Å². The number of rotatable bonds is 1. The lowest BCUT2D eigenvalue weighted by Crippen LogP contribution is -2.48. The van der Waals surface area contributed by atoms with E-state index in [1.807, 2.05) is 4.90 Å². The van der Waals surface area contributed by atoms with Crippen LogP contribution in [-0.2, 0) is 0 Å². The number of carbonyl (C=O) groups is 1. The van der Waals surface area contributed by atoms with Gasteiger partial charge >= 0.3 is 6.09 Å². The maximum absolute atomic E-state index is 10.9. The monoisotopic (exact) mass is 327 g/mol. The van der Waals surface area contributed by atoms with Crippen LogP contribution in [0, 0.1) is 0 Å². The van der Waals surface area contributed by atoms with Crippen molar-refractivity contribution in [2.45, 2.75) is 0 Å². The van der Waals surface area contributed by atoms with Crippen LogP contribution in [0.25, 0.3) is 11.2 Å². The highest BCUT2D eigenvalue weighted by atomic mass is 35.5. The van der Waals surface area contributed by atoms with Crippen LogP contribution in [-0.4, -0.2) is 57.2 Å². The van der Waals surface area contributed by atoms with E-state index in [1.54, 1.807) is 6.07 Å². The average molecular weight is 328 g/mol. The number of aromatic nitrogens is 3. The van der Waals surface area contributed by atoms with Crippen molar-refractivity contribution in [3.8, 4) is 0 Å². The standard InChI is InChI=1S/C12H11Cl2N5O2/c13-7-5-8-10(15-6-7)17-11(9(14)16-8)18-1-3-19(4-2-18)12(20)21/h5-6H,1-4H2,(H,20,21). The second-order valence-electron chi connectivity index (χ2n) is 4.59. The molecule has 2 aromatic heterocycles. The van der Waals surface area contributed by atoms with Crippen LogP contribution < -0.4 is 4.90 Å². The maximum atomic E-state index is 10.9. The summed E-state index contributed by atoms with van der Waals surface area (Å²) in [5.41, 5.74) is 0.986. The van der Waals surface area contributed by atoms with Gasteiger partial charge in [0, 0.05) is 32.4 Å². The molecule has 0 atom stereocenters. The third kappa shape index (κ3) is 2.79. The van der Waals surface area contributed by atoms with E-state index in [1.165, 1.54) is 11.1 Å². The summed E-state index contributed by atoms with van der Waals surface area (Å²) in [5.74, 6) is 0.518. The molecule has 3 rings (SSSR count). The molecule has 0 aliphatic carbocycles. The molecule has 110 valence electrons. The van der Waals surface area contributed by atoms with Gasteiger partial charge in [0.05, 0.1) is 5.02 Å². The van der Waals surface area contributed by atoms with Gasteiger partial charge in [0.15, 0.2) is 16.6 Å². The number of pyridine rings is 1. The Kier molecular flexibility index (Phi) is 3.69. The SMILES string of the molecule is O=C(O)N1CCN(c2nc3ncc(Cl)cc3nc2Cl)CC1. The first-order valence-corrected chi connectivity index (χ1v) is 7.02. The van der Waals surface area contributed by atoms with Crippen LogP contribution in [0.5, 0.6) is 0 Å². The number of nitrogens with zero attached hydrogens (tertiary/aromatic N) is 5. The predicted molar refractivity (Wildman–Crippen MR) is 79.2 cm³/mol. The molecule has 7 nitrogen and oxygen atoms in total. The Labute approximate surface area is 130 Å². The first-order chi connectivity index (χ1) is 10.0. The Balaban J connectivity index is 1.89. The average Bonchev–Trinajstić information content (AvgIpc) is 2.46. The second-order valence-corrected chi connectivity index (χ2v) is 5.39. The zero-order valence-electron chi connectivity index (χ0n) is 10.8. The van der Waals surface area contributed by atoms with Crippen molar-refractivity contribution in [3.63, 3.8) is 0 Å². The molecule has 1 saturated heterocycles. The molecule has 1 aliphatic rings. The van der Waals surface area contributed by atoms with Gasteiger partial charge in [0.2, 0.25) is 0 Å². The summed E-state index contributed by atoms with van der Waals surface area (Å²) in [5, 5.41) is 9.68. The molecular weight excluding hydrogens is 317 g/mol. The molecule has 0 unspecified atom stereocenters. The van der Waals surface area contributed by atoms with Gasteiger partial charge in [-0.1, -0.05) is 23.2 Å². The third-order valence-electron chi connectivity index (χ3n) is 3.28. The lowest BCUT2D eigenvalue weighted by Gasteiger charge is -2.33. The van der Waals surface area contributed by atoms with E-state index >= 15 is 0 Å². The van der Waals surface area contributed by atoms with Crippen LogP contribution in [0.3, 0.4) is 0 Å². The molecule has 9 heteroatoms. The smallest absolute Gasteiger partial charge is 0.407 e. The quantitative estimate of drug-likeness (QED) is 0.863. The van der Waals surface area contributed by atoms with Crippen LogP contribution in [0.1, 0.15) is 0 Å². The van der Waals surface area contributed by atoms with Crippen molar-refractivity contribution >= 4 is 46.3 Å². The summed E-state index contributed by atoms with van der Waals surface area (Å²) in [4.78, 5) is 26.9. The molecule has 1 N–H and O–H groups in total. The molecule has 1 aliphatic heterocycles. The number of hydrogen-bond acceptors (Lipinski definition) is 5. The molecule has 0 spiro atoms. The minimum Gasteiger partial charge on any atom is -0.465 e. The predicted octanol–water partition coefficient (Wildman–Crippen LogP) is 2.13. The van der Waals surface area contributed by atoms with Gasteiger partial charge in [-0.05, 0) is 6.07 Å². The number of halogens is 2. The molecule has 3 heterocycles. The van der Waals surface area contributed by atoms with Crippen molar-refractivity contribution in [2.75, 3.05) is 31.1 Å². The van der Waals surface area contributed by atoms with E-state index in [-0.39, 0.29) is 5.15 Å². The number of fused-ring (bicyclic) bond motifs is 1. The molecule has 0 radical (unpaired) electrons. The zero-order chi connectivity index (χ0) is 15.0. The Hall–Kier alpha value is -1.86. The molecular formula is C12H11Cl2N5O2. The highest BCUT2D eigenvalue weighted by Crippen LogP contribution is 2.25. The van der Waals surface area contributed by atoms with Gasteiger partial charge in [-0.15, -0.1) is 0 Å². The Bertz CT molecular complexity index is 703. The number of hydrogen-bond donors (Lipinski definition) is 1. The number of amides is 1. The van der Waals surface area contributed by atoms with Crippen molar-refractivity contribution in [2.24, 2.45) is 0 Å². The van der Waals surface area contributed by atoms with Gasteiger partial charge < -0.3 is 14.9 Å². The number of piperazine rings is 1. The molecule has 0 aromatic carbocycles. The zero-order valence-corrected chi connectivity index (χ0v) is 12.3. The first-order valence-electron chi connectivity index (χ1n) is 6.26. The normalized spacial score (nSPS) is 15.5. The lowest BCUT2D eigenvalue weighted by atomic mass is 10.3. The molecule has 1 amide bonds. The largest absolute Gasteiger partial charge is 0.465 e. The van der Waals surface area contributed by atoms with Crippen LogP contribution in [0.15, 0.2) is 12.3 Å². The molecule has 0 bridgehead atoms. The second kappa shape index (κ2) is 5.50. The third-order valence-corrected chi connectivity index (χ3v) is 3.74. The summed E-state index contributed by atoms with van der Waals surface area (Å²) in [6, 6.07) is 1.65. The highest BCUT2D eigenvalue weighted by Gasteiger charge is 2.23. The maximum Gasteiger partial charge on any atom is 0.407 e. The highest BCUT2D eigenvalue weighted by molar-refractivity contribution is 6.32. The Morgan fingerprint density at radius 1 is 1.19 bits per heavy atom. The van der Waals surface area contributed by atoms with E-state index in [0.717, 1.165) is 0 Å². The topological polar surface area (TPSA) is 82.5 Å². The summed E-state index contributed by atoms with van der Waals surface area (Å²) < 4.78 is 0. The van der Waals surface area contributed by atoms with Crippen molar-refractivity contribution < 1.29 is 9.90 Å². The lowest BCUT2D eigenvalue weighted by molar-refractivity contribution is 0.142. The van der Waals surface area contributed by atoms with E-state index in [9.17, 15) is 4.79 Å². The van der Waals surface area contributed by atoms with Gasteiger partial charge in [0.1, 0.15) is 5.52 Å². The van der Waals surface area contributed by atoms with E-state index in [2.05, 4.69) is 15.0 Å². The molecule has 2 aromatic rings. The molecule has 21 heavy (non-hydrogen) atoms. The summed E-state index contributed by atoms with van der Waals surface area (Å²) in [7, 11) is 0. The van der Waals surface area contributed by atoms with Gasteiger partial charge in [-0.25, -0.2) is 19.7 Å². The minimum absolute atomic E-state index is 0.260. The van der Waals surface area contributed by atoms with Crippen LogP contribution in [0.2, 0.25) is 10.2 Å². The number of anilines is 1. The van der Waals surface area contributed by atoms with Crippen molar-refractivity contribution in [3.05, 3.63) is 22.4 Å². The Morgan fingerprint density at radius 2 is 1.90 bits per heavy atom. The van der Waals surface area contributed by atoms with E-state index in [0.29, 0.717) is 48.2 Å². The minimum atomic E-state index is -0.915. The van der Waals surface area contributed by atoms with Gasteiger partial charge in [-0.3, -0.25) is 0 Å². The van der Waals surface area contributed by atoms with Gasteiger partial charge in [-0.2, -0.15) is 0 Å². The fourth-order valence-electron chi connectivity index (χ4n) is 2.20. The first kappa shape index (κ1) is 14.1. The fourth-order valence-corrected chi connectivity index (χ4v) is 2.61.